The van der Waals surface area contributed by atoms with Gasteiger partial charge in [0.25, 0.3) is 0 Å². The molecule has 0 radical (unpaired) electrons. The van der Waals surface area contributed by atoms with Crippen molar-refractivity contribution < 1.29 is 14.3 Å². The zero-order valence-electron chi connectivity index (χ0n) is 14.7. The van der Waals surface area contributed by atoms with Gasteiger partial charge in [-0.15, -0.1) is 0 Å². The van der Waals surface area contributed by atoms with E-state index in [1.54, 1.807) is 32.4 Å². The molecule has 26 heavy (non-hydrogen) atoms. The maximum absolute atomic E-state index is 13.1. The van der Waals surface area contributed by atoms with Crippen LogP contribution in [0.15, 0.2) is 72.8 Å². The van der Waals surface area contributed by atoms with Crippen LogP contribution in [0.3, 0.4) is 0 Å². The molecule has 3 aromatic carbocycles. The number of hydrogen-bond acceptors (Lipinski definition) is 4. The zero-order valence-corrected chi connectivity index (χ0v) is 15.6. The molecule has 0 fully saturated rings. The highest BCUT2D eigenvalue weighted by Crippen LogP contribution is 2.33. The lowest BCUT2D eigenvalue weighted by Gasteiger charge is -2.16. The molecule has 4 heteroatoms. The molecule has 0 heterocycles. The Balaban J connectivity index is 2.01. The molecular formula is C22H20O3S. The van der Waals surface area contributed by atoms with E-state index in [4.69, 9.17) is 22.1 Å². The van der Waals surface area contributed by atoms with Crippen LogP contribution in [-0.4, -0.2) is 20.0 Å². The average Bonchev–Trinajstić information content (AvgIpc) is 2.72. The van der Waals surface area contributed by atoms with Gasteiger partial charge in [0, 0.05) is 11.1 Å². The molecule has 0 aliphatic carbocycles. The second kappa shape index (κ2) is 8.11. The zero-order chi connectivity index (χ0) is 18.5. The van der Waals surface area contributed by atoms with Gasteiger partial charge in [-0.2, -0.15) is 12.6 Å². The molecule has 0 bridgehead atoms. The minimum absolute atomic E-state index is 0.0727. The normalized spacial score (nSPS) is 11.7. The molecule has 132 valence electrons. The highest BCUT2D eigenvalue weighted by molar-refractivity contribution is 7.80. The van der Waals surface area contributed by atoms with Crippen molar-refractivity contribution in [1.29, 1.82) is 0 Å². The molecule has 3 aromatic rings. The first-order valence-electron chi connectivity index (χ1n) is 8.24. The Morgan fingerprint density at radius 2 is 1.50 bits per heavy atom. The van der Waals surface area contributed by atoms with Crippen LogP contribution in [0, 0.1) is 0 Å². The first kappa shape index (κ1) is 18.1. The van der Waals surface area contributed by atoms with Gasteiger partial charge in [0.15, 0.2) is 17.3 Å². The van der Waals surface area contributed by atoms with Crippen molar-refractivity contribution in [1.82, 2.24) is 0 Å². The third kappa shape index (κ3) is 3.60. The van der Waals surface area contributed by atoms with E-state index in [9.17, 15) is 4.79 Å². The van der Waals surface area contributed by atoms with Gasteiger partial charge in [-0.25, -0.2) is 0 Å². The summed E-state index contributed by atoms with van der Waals surface area (Å²) in [6.45, 7) is 0. The summed E-state index contributed by atoms with van der Waals surface area (Å²) in [6.07, 6.45) is 0. The number of thiol groups is 1. The fourth-order valence-electron chi connectivity index (χ4n) is 2.89. The third-order valence-electron chi connectivity index (χ3n) is 4.26. The van der Waals surface area contributed by atoms with Crippen molar-refractivity contribution in [2.24, 2.45) is 0 Å². The Labute approximate surface area is 159 Å². The number of carbonyl (C=O) groups is 1. The smallest absolute Gasteiger partial charge is 0.193 e. The van der Waals surface area contributed by atoms with Crippen molar-refractivity contribution in [2.75, 3.05) is 14.2 Å². The predicted molar refractivity (Wildman–Crippen MR) is 107 cm³/mol. The van der Waals surface area contributed by atoms with E-state index in [1.165, 1.54) is 0 Å². The van der Waals surface area contributed by atoms with Crippen molar-refractivity contribution in [3.8, 4) is 11.5 Å². The van der Waals surface area contributed by atoms with E-state index in [0.29, 0.717) is 22.6 Å². The minimum atomic E-state index is -0.184. The molecule has 0 amide bonds. The number of ketones is 1. The number of benzene rings is 3. The lowest BCUT2D eigenvalue weighted by molar-refractivity contribution is 0.103. The molecule has 0 spiro atoms. The van der Waals surface area contributed by atoms with Gasteiger partial charge < -0.3 is 9.47 Å². The lowest BCUT2D eigenvalue weighted by Crippen LogP contribution is -2.08. The Morgan fingerprint density at radius 3 is 2.19 bits per heavy atom. The molecule has 0 N–H and O–H groups in total. The molecule has 0 aromatic heterocycles. The van der Waals surface area contributed by atoms with Crippen LogP contribution >= 0.6 is 12.6 Å². The van der Waals surface area contributed by atoms with Crippen LogP contribution in [-0.2, 0) is 0 Å². The predicted octanol–water partition coefficient (Wildman–Crippen LogP) is 4.95. The number of carbonyl (C=O) groups excluding carboxylic acids is 1. The molecule has 1 unspecified atom stereocenters. The highest BCUT2D eigenvalue weighted by Gasteiger charge is 2.20. The fraction of sp³-hybridized carbons (Fsp3) is 0.136. The maximum atomic E-state index is 13.1. The van der Waals surface area contributed by atoms with Gasteiger partial charge in [-0.1, -0.05) is 54.6 Å². The first-order valence-corrected chi connectivity index (χ1v) is 8.76. The highest BCUT2D eigenvalue weighted by atomic mass is 32.1. The summed E-state index contributed by atoms with van der Waals surface area (Å²) in [6, 6.07) is 22.7. The SMILES string of the molecule is COc1ccc(C(=O)c2ccccc2C(S)c2ccccc2)cc1OC. The molecule has 3 nitrogen and oxygen atoms in total. The monoisotopic (exact) mass is 364 g/mol. The number of ether oxygens (including phenoxy) is 2. The van der Waals surface area contributed by atoms with Crippen LogP contribution in [0.1, 0.15) is 32.3 Å². The van der Waals surface area contributed by atoms with E-state index in [0.717, 1.165) is 11.1 Å². The van der Waals surface area contributed by atoms with Gasteiger partial charge in [0.2, 0.25) is 0 Å². The molecule has 0 saturated heterocycles. The summed E-state index contributed by atoms with van der Waals surface area (Å²) in [7, 11) is 3.12. The summed E-state index contributed by atoms with van der Waals surface area (Å²) in [4.78, 5) is 13.1. The lowest BCUT2D eigenvalue weighted by atomic mass is 9.93. The average molecular weight is 364 g/mol. The number of hydrogen-bond donors (Lipinski definition) is 1. The van der Waals surface area contributed by atoms with E-state index in [-0.39, 0.29) is 11.0 Å². The summed E-state index contributed by atoms with van der Waals surface area (Å²) >= 11 is 4.76. The Bertz CT molecular complexity index is 906. The molecule has 0 aliphatic heterocycles. The van der Waals surface area contributed by atoms with E-state index in [1.807, 2.05) is 54.6 Å². The van der Waals surface area contributed by atoms with Crippen LogP contribution < -0.4 is 9.47 Å². The molecular weight excluding hydrogens is 344 g/mol. The molecule has 3 rings (SSSR count). The first-order chi connectivity index (χ1) is 12.7. The van der Waals surface area contributed by atoms with Crippen molar-refractivity contribution in [3.05, 3.63) is 95.1 Å². The number of methoxy groups -OCH3 is 2. The minimum Gasteiger partial charge on any atom is -0.493 e. The fourth-order valence-corrected chi connectivity index (χ4v) is 3.29. The van der Waals surface area contributed by atoms with Gasteiger partial charge in [0.05, 0.1) is 19.5 Å². The van der Waals surface area contributed by atoms with Crippen LogP contribution in [0.2, 0.25) is 0 Å². The van der Waals surface area contributed by atoms with Crippen LogP contribution in [0.5, 0.6) is 11.5 Å². The summed E-state index contributed by atoms with van der Waals surface area (Å²) in [5.74, 6) is 1.05. The Kier molecular flexibility index (Phi) is 5.64. The van der Waals surface area contributed by atoms with E-state index < -0.39 is 0 Å². The Hall–Kier alpha value is -2.72. The summed E-state index contributed by atoms with van der Waals surface area (Å²) < 4.78 is 10.6. The van der Waals surface area contributed by atoms with Crippen molar-refractivity contribution >= 4 is 18.4 Å². The third-order valence-corrected chi connectivity index (χ3v) is 4.84. The van der Waals surface area contributed by atoms with Crippen molar-refractivity contribution in [2.45, 2.75) is 5.25 Å². The van der Waals surface area contributed by atoms with E-state index >= 15 is 0 Å². The van der Waals surface area contributed by atoms with Gasteiger partial charge in [-0.05, 0) is 29.3 Å². The standard InChI is InChI=1S/C22H20O3S/c1-24-19-13-12-16(14-20(19)25-2)21(23)17-10-6-7-11-18(17)22(26)15-8-4-3-5-9-15/h3-14,22,26H,1-2H3. The summed E-state index contributed by atoms with van der Waals surface area (Å²) in [5.41, 5.74) is 3.09. The maximum Gasteiger partial charge on any atom is 0.193 e. The number of rotatable bonds is 6. The quantitative estimate of drug-likeness (QED) is 0.496. The topological polar surface area (TPSA) is 35.5 Å². The largest absolute Gasteiger partial charge is 0.493 e. The molecule has 1 atom stereocenters. The molecule has 0 aliphatic rings. The second-order valence-electron chi connectivity index (χ2n) is 5.80. The van der Waals surface area contributed by atoms with E-state index in [2.05, 4.69) is 0 Å². The second-order valence-corrected chi connectivity index (χ2v) is 6.32. The van der Waals surface area contributed by atoms with Gasteiger partial charge >= 0.3 is 0 Å². The van der Waals surface area contributed by atoms with Gasteiger partial charge in [0.1, 0.15) is 0 Å². The van der Waals surface area contributed by atoms with Crippen molar-refractivity contribution in [3.63, 3.8) is 0 Å². The molecule has 0 saturated carbocycles. The summed E-state index contributed by atoms with van der Waals surface area (Å²) in [5, 5.41) is -0.184. The Morgan fingerprint density at radius 1 is 0.846 bits per heavy atom. The van der Waals surface area contributed by atoms with Crippen LogP contribution in [0.4, 0.5) is 0 Å². The van der Waals surface area contributed by atoms with Crippen LogP contribution in [0.25, 0.3) is 0 Å². The van der Waals surface area contributed by atoms with Gasteiger partial charge in [-0.3, -0.25) is 4.79 Å².